The first-order valence-electron chi connectivity index (χ1n) is 7.41. The first-order chi connectivity index (χ1) is 10.2. The predicted octanol–water partition coefficient (Wildman–Crippen LogP) is 2.99. The molecule has 1 unspecified atom stereocenters. The number of carbonyl (C=O) groups is 1. The average molecular weight is 286 g/mol. The predicted molar refractivity (Wildman–Crippen MR) is 84.2 cm³/mol. The van der Waals surface area contributed by atoms with Gasteiger partial charge in [0.15, 0.2) is 6.10 Å². The van der Waals surface area contributed by atoms with Crippen LogP contribution in [0.15, 0.2) is 48.1 Å². The summed E-state index contributed by atoms with van der Waals surface area (Å²) in [6, 6.07) is 10.00. The monoisotopic (exact) mass is 286 g/mol. The van der Waals surface area contributed by atoms with Crippen molar-refractivity contribution in [2.24, 2.45) is 5.16 Å². The molecule has 1 atom stereocenters. The van der Waals surface area contributed by atoms with E-state index in [4.69, 9.17) is 4.84 Å². The topological polar surface area (TPSA) is 41.9 Å². The molecule has 21 heavy (non-hydrogen) atoms. The van der Waals surface area contributed by atoms with Crippen molar-refractivity contribution in [2.45, 2.75) is 32.3 Å². The normalized spacial score (nSPS) is 17.0. The highest BCUT2D eigenvalue weighted by Gasteiger charge is 2.25. The molecule has 1 heterocycles. The number of carbonyl (C=O) groups excluding carboxylic acids is 1. The molecule has 112 valence electrons. The van der Waals surface area contributed by atoms with E-state index in [9.17, 15) is 4.79 Å². The molecule has 1 aromatic rings. The van der Waals surface area contributed by atoms with Crippen molar-refractivity contribution >= 4 is 11.6 Å². The Morgan fingerprint density at radius 3 is 2.90 bits per heavy atom. The third-order valence-corrected chi connectivity index (χ3v) is 3.43. The molecular weight excluding hydrogens is 264 g/mol. The minimum Gasteiger partial charge on any atom is -0.390 e. The van der Waals surface area contributed by atoms with E-state index in [1.807, 2.05) is 37.3 Å². The summed E-state index contributed by atoms with van der Waals surface area (Å²) in [6.07, 6.45) is 3.83. The van der Waals surface area contributed by atoms with E-state index in [1.54, 1.807) is 11.0 Å². The summed E-state index contributed by atoms with van der Waals surface area (Å²) in [4.78, 5) is 19.3. The molecule has 0 aliphatic carbocycles. The molecule has 0 fully saturated rings. The summed E-state index contributed by atoms with van der Waals surface area (Å²) in [6.45, 7) is 6.84. The van der Waals surface area contributed by atoms with Gasteiger partial charge in [0.05, 0.1) is 12.3 Å². The van der Waals surface area contributed by atoms with Crippen molar-refractivity contribution in [3.63, 3.8) is 0 Å². The Bertz CT molecular complexity index is 511. The summed E-state index contributed by atoms with van der Waals surface area (Å²) in [5.41, 5.74) is 2.03. The van der Waals surface area contributed by atoms with E-state index in [0.717, 1.165) is 24.1 Å². The molecule has 0 aromatic heterocycles. The van der Waals surface area contributed by atoms with Gasteiger partial charge in [0.1, 0.15) is 0 Å². The summed E-state index contributed by atoms with van der Waals surface area (Å²) >= 11 is 0. The molecule has 0 radical (unpaired) electrons. The third-order valence-electron chi connectivity index (χ3n) is 3.43. The number of nitrogens with zero attached hydrogens (tertiary/aromatic N) is 2. The molecule has 0 saturated heterocycles. The number of amides is 1. The molecule has 0 N–H and O–H groups in total. The molecule has 0 bridgehead atoms. The number of hydrogen-bond acceptors (Lipinski definition) is 3. The SMILES string of the molecule is C=CCN(CC1CC(c2ccccc2)=NO1)C(=O)CCC. The standard InChI is InChI=1S/C17H22N2O2/c1-3-8-17(20)19(11-4-2)13-15-12-16(18-21-15)14-9-6-5-7-10-14/h4-7,9-10,15H,2-3,8,11-13H2,1H3. The fourth-order valence-electron chi connectivity index (χ4n) is 2.38. The minimum absolute atomic E-state index is 0.0686. The van der Waals surface area contributed by atoms with Crippen molar-refractivity contribution < 1.29 is 9.63 Å². The minimum atomic E-state index is -0.0686. The van der Waals surface area contributed by atoms with Crippen LogP contribution in [0.25, 0.3) is 0 Å². The highest BCUT2D eigenvalue weighted by Crippen LogP contribution is 2.18. The molecule has 2 rings (SSSR count). The smallest absolute Gasteiger partial charge is 0.222 e. The van der Waals surface area contributed by atoms with Gasteiger partial charge >= 0.3 is 0 Å². The Morgan fingerprint density at radius 2 is 2.24 bits per heavy atom. The van der Waals surface area contributed by atoms with E-state index in [1.165, 1.54) is 0 Å². The Labute approximate surface area is 126 Å². The molecule has 0 spiro atoms. The zero-order valence-electron chi connectivity index (χ0n) is 12.5. The van der Waals surface area contributed by atoms with Crippen LogP contribution in [0.2, 0.25) is 0 Å². The van der Waals surface area contributed by atoms with Crippen LogP contribution >= 0.6 is 0 Å². The molecule has 1 amide bonds. The van der Waals surface area contributed by atoms with Crippen molar-refractivity contribution in [3.8, 4) is 0 Å². The van der Waals surface area contributed by atoms with Gasteiger partial charge in [-0.25, -0.2) is 0 Å². The zero-order chi connectivity index (χ0) is 15.1. The van der Waals surface area contributed by atoms with Gasteiger partial charge in [0, 0.05) is 19.4 Å². The average Bonchev–Trinajstić information content (AvgIpc) is 2.96. The number of rotatable bonds is 7. The second-order valence-electron chi connectivity index (χ2n) is 5.17. The fourth-order valence-corrected chi connectivity index (χ4v) is 2.38. The second kappa shape index (κ2) is 7.62. The van der Waals surface area contributed by atoms with Crippen molar-refractivity contribution in [2.75, 3.05) is 13.1 Å². The Balaban J connectivity index is 1.92. The van der Waals surface area contributed by atoms with Crippen LogP contribution in [0.5, 0.6) is 0 Å². The van der Waals surface area contributed by atoms with Gasteiger partial charge in [-0.05, 0) is 12.0 Å². The molecule has 1 aromatic carbocycles. The van der Waals surface area contributed by atoms with Crippen molar-refractivity contribution in [1.29, 1.82) is 0 Å². The van der Waals surface area contributed by atoms with Gasteiger partial charge in [-0.1, -0.05) is 48.5 Å². The van der Waals surface area contributed by atoms with Gasteiger partial charge in [0.25, 0.3) is 0 Å². The fraction of sp³-hybridized carbons (Fsp3) is 0.412. The van der Waals surface area contributed by atoms with Crippen LogP contribution in [-0.4, -0.2) is 35.7 Å². The molecule has 1 aliphatic heterocycles. The van der Waals surface area contributed by atoms with Crippen LogP contribution in [0.3, 0.4) is 0 Å². The highest BCUT2D eigenvalue weighted by atomic mass is 16.6. The summed E-state index contributed by atoms with van der Waals surface area (Å²) in [7, 11) is 0. The Hall–Kier alpha value is -2.10. The van der Waals surface area contributed by atoms with E-state index in [0.29, 0.717) is 19.5 Å². The summed E-state index contributed by atoms with van der Waals surface area (Å²) in [5.74, 6) is 0.147. The second-order valence-corrected chi connectivity index (χ2v) is 5.17. The van der Waals surface area contributed by atoms with E-state index < -0.39 is 0 Å². The van der Waals surface area contributed by atoms with Crippen LogP contribution in [0, 0.1) is 0 Å². The molecular formula is C17H22N2O2. The Kier molecular flexibility index (Phi) is 5.55. The van der Waals surface area contributed by atoms with Crippen molar-refractivity contribution in [3.05, 3.63) is 48.6 Å². The number of hydrogen-bond donors (Lipinski definition) is 0. The quantitative estimate of drug-likeness (QED) is 0.723. The van der Waals surface area contributed by atoms with E-state index in [-0.39, 0.29) is 12.0 Å². The maximum Gasteiger partial charge on any atom is 0.222 e. The zero-order valence-corrected chi connectivity index (χ0v) is 12.5. The summed E-state index contributed by atoms with van der Waals surface area (Å²) < 4.78 is 0. The van der Waals surface area contributed by atoms with E-state index in [2.05, 4.69) is 11.7 Å². The third kappa shape index (κ3) is 4.18. The lowest BCUT2D eigenvalue weighted by molar-refractivity contribution is -0.132. The van der Waals surface area contributed by atoms with Crippen LogP contribution in [0.4, 0.5) is 0 Å². The van der Waals surface area contributed by atoms with Crippen LogP contribution < -0.4 is 0 Å². The molecule has 1 aliphatic rings. The first kappa shape index (κ1) is 15.3. The molecule has 4 nitrogen and oxygen atoms in total. The first-order valence-corrected chi connectivity index (χ1v) is 7.41. The number of oxime groups is 1. The van der Waals surface area contributed by atoms with Gasteiger partial charge in [0.2, 0.25) is 5.91 Å². The lowest BCUT2D eigenvalue weighted by Gasteiger charge is -2.23. The molecule has 0 saturated carbocycles. The van der Waals surface area contributed by atoms with Crippen LogP contribution in [0.1, 0.15) is 31.7 Å². The largest absolute Gasteiger partial charge is 0.390 e. The molecule has 4 heteroatoms. The maximum atomic E-state index is 12.1. The van der Waals surface area contributed by atoms with Crippen molar-refractivity contribution in [1.82, 2.24) is 4.90 Å². The van der Waals surface area contributed by atoms with E-state index >= 15 is 0 Å². The summed E-state index contributed by atoms with van der Waals surface area (Å²) in [5, 5.41) is 4.16. The van der Waals surface area contributed by atoms with Gasteiger partial charge in [-0.2, -0.15) is 0 Å². The Morgan fingerprint density at radius 1 is 1.48 bits per heavy atom. The highest BCUT2D eigenvalue weighted by molar-refractivity contribution is 6.01. The van der Waals surface area contributed by atoms with Gasteiger partial charge < -0.3 is 9.74 Å². The van der Waals surface area contributed by atoms with Gasteiger partial charge in [-0.3, -0.25) is 4.79 Å². The number of benzene rings is 1. The van der Waals surface area contributed by atoms with Crippen LogP contribution in [-0.2, 0) is 9.63 Å². The van der Waals surface area contributed by atoms with Gasteiger partial charge in [-0.15, -0.1) is 6.58 Å². The maximum absolute atomic E-state index is 12.1. The lowest BCUT2D eigenvalue weighted by Crippen LogP contribution is -2.37. The lowest BCUT2D eigenvalue weighted by atomic mass is 10.0.